The van der Waals surface area contributed by atoms with Gasteiger partial charge in [-0.2, -0.15) is 0 Å². The predicted octanol–water partition coefficient (Wildman–Crippen LogP) is 0.732. The molecule has 1 aromatic carbocycles. The van der Waals surface area contributed by atoms with E-state index >= 15 is 0 Å². The van der Waals surface area contributed by atoms with E-state index in [1.807, 2.05) is 18.2 Å². The van der Waals surface area contributed by atoms with Crippen molar-refractivity contribution in [3.8, 4) is 12.3 Å². The van der Waals surface area contributed by atoms with Gasteiger partial charge in [0.05, 0.1) is 0 Å². The van der Waals surface area contributed by atoms with Gasteiger partial charge in [-0.1, -0.05) is 0 Å². The van der Waals surface area contributed by atoms with Crippen molar-refractivity contribution in [2.24, 2.45) is 0 Å². The van der Waals surface area contributed by atoms with Crippen LogP contribution in [0.2, 0.25) is 0 Å². The topological polar surface area (TPSA) is 37.8 Å². The third-order valence-corrected chi connectivity index (χ3v) is 2.81. The first-order valence-corrected chi connectivity index (χ1v) is 5.33. The minimum atomic E-state index is 0.0241. The third kappa shape index (κ3) is 1.57. The first kappa shape index (κ1) is 8.30. The minimum absolute atomic E-state index is 0.0241. The standard InChI is InChI=1S/C9H7N3Se/c1-2-6-10-7-4-3-5-8-9(7)12-13-11-8/h1,3-5,10H,6H2. The van der Waals surface area contributed by atoms with Gasteiger partial charge in [0.15, 0.2) is 0 Å². The van der Waals surface area contributed by atoms with Crippen molar-refractivity contribution < 1.29 is 0 Å². The summed E-state index contributed by atoms with van der Waals surface area (Å²) < 4.78 is 8.59. The summed E-state index contributed by atoms with van der Waals surface area (Å²) >= 11 is 0.0241. The molecule has 1 aromatic heterocycles. The van der Waals surface area contributed by atoms with E-state index in [1.165, 1.54) is 0 Å². The van der Waals surface area contributed by atoms with Crippen LogP contribution >= 0.6 is 0 Å². The average Bonchev–Trinajstić information content (AvgIpc) is 2.62. The zero-order chi connectivity index (χ0) is 9.10. The molecular formula is C9H7N3Se. The van der Waals surface area contributed by atoms with Gasteiger partial charge in [-0.15, -0.1) is 0 Å². The molecule has 0 aliphatic rings. The van der Waals surface area contributed by atoms with Crippen LogP contribution in [0.15, 0.2) is 18.2 Å². The van der Waals surface area contributed by atoms with Crippen LogP contribution in [0, 0.1) is 12.3 Å². The monoisotopic (exact) mass is 237 g/mol. The number of hydrogen-bond acceptors (Lipinski definition) is 3. The zero-order valence-corrected chi connectivity index (χ0v) is 8.53. The molecule has 1 heterocycles. The molecule has 2 aromatic rings. The Labute approximate surface area is 82.4 Å². The van der Waals surface area contributed by atoms with E-state index in [4.69, 9.17) is 6.42 Å². The molecule has 13 heavy (non-hydrogen) atoms. The Morgan fingerprint density at radius 3 is 3.23 bits per heavy atom. The molecule has 0 saturated carbocycles. The van der Waals surface area contributed by atoms with Gasteiger partial charge in [0, 0.05) is 0 Å². The summed E-state index contributed by atoms with van der Waals surface area (Å²) in [6, 6.07) is 5.89. The van der Waals surface area contributed by atoms with Crippen molar-refractivity contribution in [3.05, 3.63) is 18.2 Å². The molecule has 0 bridgehead atoms. The summed E-state index contributed by atoms with van der Waals surface area (Å²) in [6.07, 6.45) is 5.16. The van der Waals surface area contributed by atoms with Gasteiger partial charge < -0.3 is 0 Å². The molecule has 64 valence electrons. The summed E-state index contributed by atoms with van der Waals surface area (Å²) in [5.41, 5.74) is 2.92. The molecule has 0 spiro atoms. The van der Waals surface area contributed by atoms with E-state index in [0.717, 1.165) is 16.7 Å². The van der Waals surface area contributed by atoms with Crippen LogP contribution in [-0.4, -0.2) is 29.5 Å². The Balaban J connectivity index is 2.44. The second kappa shape index (κ2) is 3.61. The van der Waals surface area contributed by atoms with Gasteiger partial charge in [-0.3, -0.25) is 0 Å². The second-order valence-electron chi connectivity index (χ2n) is 2.50. The number of rotatable bonds is 2. The molecular weight excluding hydrogens is 229 g/mol. The predicted molar refractivity (Wildman–Crippen MR) is 53.8 cm³/mol. The first-order valence-electron chi connectivity index (χ1n) is 3.80. The van der Waals surface area contributed by atoms with Crippen LogP contribution in [0.1, 0.15) is 0 Å². The van der Waals surface area contributed by atoms with Crippen LogP contribution in [0.25, 0.3) is 11.0 Å². The summed E-state index contributed by atoms with van der Waals surface area (Å²) in [7, 11) is 0. The molecule has 2 rings (SSSR count). The number of hydrogen-bond donors (Lipinski definition) is 1. The molecule has 0 amide bonds. The van der Waals surface area contributed by atoms with E-state index in [1.54, 1.807) is 0 Å². The van der Waals surface area contributed by atoms with Crippen molar-refractivity contribution in [2.45, 2.75) is 0 Å². The van der Waals surface area contributed by atoms with E-state index in [2.05, 4.69) is 19.2 Å². The molecule has 0 fully saturated rings. The maximum absolute atomic E-state index is 5.16. The summed E-state index contributed by atoms with van der Waals surface area (Å²) in [5, 5.41) is 3.11. The summed E-state index contributed by atoms with van der Waals surface area (Å²) in [5.74, 6) is 2.53. The number of aromatic nitrogens is 2. The fourth-order valence-corrected chi connectivity index (χ4v) is 2.25. The Hall–Kier alpha value is -1.30. The van der Waals surface area contributed by atoms with Crippen molar-refractivity contribution in [3.63, 3.8) is 0 Å². The van der Waals surface area contributed by atoms with Crippen LogP contribution in [0.4, 0.5) is 5.69 Å². The quantitative estimate of drug-likeness (QED) is 0.617. The molecule has 0 radical (unpaired) electrons. The van der Waals surface area contributed by atoms with Gasteiger partial charge >= 0.3 is 82.0 Å². The van der Waals surface area contributed by atoms with Gasteiger partial charge in [0.2, 0.25) is 0 Å². The summed E-state index contributed by atoms with van der Waals surface area (Å²) in [4.78, 5) is 0. The Kier molecular flexibility index (Phi) is 2.31. The number of fused-ring (bicyclic) bond motifs is 1. The Bertz CT molecular complexity index is 455. The molecule has 4 heteroatoms. The summed E-state index contributed by atoms with van der Waals surface area (Å²) in [6.45, 7) is 0.527. The Morgan fingerprint density at radius 2 is 2.38 bits per heavy atom. The van der Waals surface area contributed by atoms with Crippen molar-refractivity contribution in [1.29, 1.82) is 0 Å². The third-order valence-electron chi connectivity index (χ3n) is 1.67. The zero-order valence-electron chi connectivity index (χ0n) is 6.82. The molecule has 0 aliphatic carbocycles. The van der Waals surface area contributed by atoms with Gasteiger partial charge in [-0.25, -0.2) is 0 Å². The van der Waals surface area contributed by atoms with Gasteiger partial charge in [0.25, 0.3) is 0 Å². The van der Waals surface area contributed by atoms with Gasteiger partial charge in [0.1, 0.15) is 0 Å². The van der Waals surface area contributed by atoms with Crippen molar-refractivity contribution in [2.75, 3.05) is 11.9 Å². The fraction of sp³-hybridized carbons (Fsp3) is 0.111. The number of benzene rings is 1. The molecule has 0 atom stereocenters. The molecule has 3 nitrogen and oxygen atoms in total. The van der Waals surface area contributed by atoms with Crippen molar-refractivity contribution in [1.82, 2.24) is 7.96 Å². The number of terminal acetylenes is 1. The average molecular weight is 236 g/mol. The number of anilines is 1. The van der Waals surface area contributed by atoms with Crippen LogP contribution in [0.3, 0.4) is 0 Å². The maximum atomic E-state index is 5.16. The second-order valence-corrected chi connectivity index (χ2v) is 3.60. The number of nitrogens with zero attached hydrogens (tertiary/aromatic N) is 2. The Morgan fingerprint density at radius 1 is 1.46 bits per heavy atom. The normalized spacial score (nSPS) is 9.77. The van der Waals surface area contributed by atoms with Crippen LogP contribution in [-0.2, 0) is 0 Å². The number of nitrogens with one attached hydrogen (secondary N) is 1. The fourth-order valence-electron chi connectivity index (χ4n) is 1.10. The molecule has 1 N–H and O–H groups in total. The van der Waals surface area contributed by atoms with Crippen molar-refractivity contribution >= 4 is 31.7 Å². The SMILES string of the molecule is C#CCNc1cccc2n[se]nc12. The first-order chi connectivity index (χ1) is 6.42. The van der Waals surface area contributed by atoms with Crippen LogP contribution < -0.4 is 5.32 Å². The van der Waals surface area contributed by atoms with E-state index in [9.17, 15) is 0 Å². The van der Waals surface area contributed by atoms with E-state index in [0.29, 0.717) is 6.54 Å². The molecule has 0 aliphatic heterocycles. The van der Waals surface area contributed by atoms with Gasteiger partial charge in [-0.05, 0) is 0 Å². The van der Waals surface area contributed by atoms with Crippen LogP contribution in [0.5, 0.6) is 0 Å². The van der Waals surface area contributed by atoms with E-state index < -0.39 is 0 Å². The molecule has 0 saturated heterocycles. The molecule has 0 unspecified atom stereocenters. The van der Waals surface area contributed by atoms with E-state index in [-0.39, 0.29) is 15.0 Å².